The quantitative estimate of drug-likeness (QED) is 0.346. The Morgan fingerprint density at radius 1 is 1.06 bits per heavy atom. The molecule has 0 unspecified atom stereocenters. The maximum Gasteiger partial charge on any atom is 0.281 e. The first-order valence-corrected chi connectivity index (χ1v) is 12.3. The van der Waals surface area contributed by atoms with E-state index in [1.807, 2.05) is 0 Å². The van der Waals surface area contributed by atoms with Gasteiger partial charge < -0.3 is 5.32 Å². The van der Waals surface area contributed by atoms with Crippen molar-refractivity contribution in [2.75, 3.05) is 10.0 Å². The lowest BCUT2D eigenvalue weighted by Gasteiger charge is -2.12. The number of hydrogen-bond acceptors (Lipinski definition) is 6. The molecule has 2 aromatic carbocycles. The van der Waals surface area contributed by atoms with Gasteiger partial charge in [-0.3, -0.25) is 9.52 Å². The molecule has 0 aliphatic rings. The maximum absolute atomic E-state index is 14.6. The minimum atomic E-state index is -4.32. The average molecular weight is 521 g/mol. The van der Waals surface area contributed by atoms with Gasteiger partial charge in [0.1, 0.15) is 11.5 Å². The molecule has 4 rings (SSSR count). The molecule has 0 bridgehead atoms. The fourth-order valence-electron chi connectivity index (χ4n) is 3.09. The molecular formula is C22H15ClF2N4O3S2. The molecule has 0 radical (unpaired) electrons. The third-order valence-corrected chi connectivity index (χ3v) is 6.99. The van der Waals surface area contributed by atoms with Gasteiger partial charge in [-0.05, 0) is 29.8 Å². The fraction of sp³-hybridized carbons (Fsp3) is 0.0455. The van der Waals surface area contributed by atoms with Crippen LogP contribution in [0.2, 0.25) is 5.02 Å². The number of nitrogens with one attached hydrogen (secondary N) is 2. The topological polar surface area (TPSA) is 101 Å². The molecule has 0 aliphatic carbocycles. The van der Waals surface area contributed by atoms with Gasteiger partial charge in [0.2, 0.25) is 11.0 Å². The van der Waals surface area contributed by atoms with Gasteiger partial charge in [0.25, 0.3) is 10.0 Å². The molecule has 0 fully saturated rings. The second-order valence-corrected chi connectivity index (χ2v) is 9.95. The van der Waals surface area contributed by atoms with Crippen molar-refractivity contribution in [2.45, 2.75) is 11.9 Å². The summed E-state index contributed by atoms with van der Waals surface area (Å²) in [4.78, 5) is 19.5. The highest BCUT2D eigenvalue weighted by Crippen LogP contribution is 2.34. The van der Waals surface area contributed by atoms with Crippen molar-refractivity contribution in [1.82, 2.24) is 9.97 Å². The number of halogens is 3. The normalized spacial score (nSPS) is 11.3. The summed E-state index contributed by atoms with van der Waals surface area (Å²) in [5.74, 6) is -1.02. The van der Waals surface area contributed by atoms with Crippen LogP contribution in [0.5, 0.6) is 0 Å². The first-order valence-electron chi connectivity index (χ1n) is 9.61. The fourth-order valence-corrected chi connectivity index (χ4v) is 5.37. The molecule has 34 heavy (non-hydrogen) atoms. The first-order chi connectivity index (χ1) is 16.1. The van der Waals surface area contributed by atoms with Crippen molar-refractivity contribution in [2.24, 2.45) is 0 Å². The molecule has 2 aromatic heterocycles. The SMILES string of the molecule is CC(=O)Nc1cnc(S(=O)(=O)Nc2nc(-c3ccc(F)c(Cl)c3)c(F)s2)c(-c2ccccc2)c1. The number of pyridine rings is 1. The maximum atomic E-state index is 14.6. The first kappa shape index (κ1) is 23.7. The zero-order valence-corrected chi connectivity index (χ0v) is 19.7. The van der Waals surface area contributed by atoms with Crippen LogP contribution in [0.1, 0.15) is 6.92 Å². The highest BCUT2D eigenvalue weighted by molar-refractivity contribution is 7.93. The van der Waals surface area contributed by atoms with Gasteiger partial charge in [0.05, 0.1) is 16.9 Å². The summed E-state index contributed by atoms with van der Waals surface area (Å²) in [6.45, 7) is 1.32. The monoisotopic (exact) mass is 520 g/mol. The van der Waals surface area contributed by atoms with Crippen molar-refractivity contribution in [3.63, 3.8) is 0 Å². The average Bonchev–Trinajstić information content (AvgIpc) is 3.14. The summed E-state index contributed by atoms with van der Waals surface area (Å²) in [5, 5.41) is 0.979. The number of hydrogen-bond donors (Lipinski definition) is 2. The largest absolute Gasteiger partial charge is 0.325 e. The van der Waals surface area contributed by atoms with Crippen LogP contribution >= 0.6 is 22.9 Å². The molecule has 7 nitrogen and oxygen atoms in total. The molecule has 1 amide bonds. The van der Waals surface area contributed by atoms with Crippen LogP contribution in [-0.4, -0.2) is 24.3 Å². The minimum absolute atomic E-state index is 0.179. The molecule has 0 saturated carbocycles. The highest BCUT2D eigenvalue weighted by atomic mass is 35.5. The van der Waals surface area contributed by atoms with E-state index in [0.29, 0.717) is 22.6 Å². The third kappa shape index (κ3) is 5.06. The van der Waals surface area contributed by atoms with E-state index in [4.69, 9.17) is 11.6 Å². The number of thiazole rings is 1. The number of anilines is 2. The summed E-state index contributed by atoms with van der Waals surface area (Å²) in [6, 6.07) is 13.6. The zero-order chi connectivity index (χ0) is 24.5. The van der Waals surface area contributed by atoms with E-state index in [0.717, 1.165) is 6.07 Å². The van der Waals surface area contributed by atoms with Crippen molar-refractivity contribution in [3.05, 3.63) is 76.8 Å². The molecule has 2 heterocycles. The van der Waals surface area contributed by atoms with Crippen LogP contribution in [0.4, 0.5) is 19.6 Å². The van der Waals surface area contributed by atoms with Gasteiger partial charge in [-0.1, -0.05) is 53.3 Å². The summed E-state index contributed by atoms with van der Waals surface area (Å²) < 4.78 is 56.6. The lowest BCUT2D eigenvalue weighted by molar-refractivity contribution is -0.114. The van der Waals surface area contributed by atoms with Gasteiger partial charge >= 0.3 is 0 Å². The van der Waals surface area contributed by atoms with E-state index in [-0.39, 0.29) is 37.9 Å². The summed E-state index contributed by atoms with van der Waals surface area (Å²) >= 11 is 6.23. The summed E-state index contributed by atoms with van der Waals surface area (Å²) in [6.07, 6.45) is 1.21. The third-order valence-electron chi connectivity index (χ3n) is 4.51. The number of benzene rings is 2. The van der Waals surface area contributed by atoms with Crippen LogP contribution < -0.4 is 10.0 Å². The molecule has 4 aromatic rings. The standard InChI is InChI=1S/C22H15ClF2N4O3S2/c1-12(30)27-15-10-16(13-5-3-2-4-6-13)21(26-11-15)34(31,32)29-22-28-19(20(25)33-22)14-7-8-18(24)17(23)9-14/h2-11H,1H3,(H,27,30)(H,28,29). The molecule has 2 N–H and O–H groups in total. The van der Waals surface area contributed by atoms with E-state index < -0.39 is 21.0 Å². The van der Waals surface area contributed by atoms with Crippen LogP contribution in [-0.2, 0) is 14.8 Å². The van der Waals surface area contributed by atoms with E-state index in [9.17, 15) is 22.0 Å². The van der Waals surface area contributed by atoms with E-state index in [2.05, 4.69) is 20.0 Å². The van der Waals surface area contributed by atoms with Gasteiger partial charge in [0.15, 0.2) is 10.2 Å². The summed E-state index contributed by atoms with van der Waals surface area (Å²) in [5.41, 5.74) is 1.08. The Morgan fingerprint density at radius 3 is 2.47 bits per heavy atom. The number of sulfonamides is 1. The number of nitrogens with zero attached hydrogens (tertiary/aromatic N) is 2. The predicted octanol–water partition coefficient (Wildman–Crippen LogP) is 5.56. The smallest absolute Gasteiger partial charge is 0.281 e. The number of aromatic nitrogens is 2. The van der Waals surface area contributed by atoms with E-state index in [1.165, 1.54) is 31.3 Å². The number of amides is 1. The highest BCUT2D eigenvalue weighted by Gasteiger charge is 2.25. The summed E-state index contributed by atoms with van der Waals surface area (Å²) in [7, 11) is -4.32. The van der Waals surface area contributed by atoms with Gasteiger partial charge in [-0.15, -0.1) is 0 Å². The second kappa shape index (κ2) is 9.45. The predicted molar refractivity (Wildman–Crippen MR) is 127 cm³/mol. The Kier molecular flexibility index (Phi) is 6.60. The zero-order valence-electron chi connectivity index (χ0n) is 17.3. The van der Waals surface area contributed by atoms with Crippen LogP contribution in [0.15, 0.2) is 65.8 Å². The van der Waals surface area contributed by atoms with Crippen molar-refractivity contribution in [3.8, 4) is 22.4 Å². The molecular weight excluding hydrogens is 506 g/mol. The molecule has 174 valence electrons. The van der Waals surface area contributed by atoms with Crippen molar-refractivity contribution in [1.29, 1.82) is 0 Å². The number of carbonyl (C=O) groups excluding carboxylic acids is 1. The Labute approximate surface area is 202 Å². The lowest BCUT2D eigenvalue weighted by atomic mass is 10.1. The Morgan fingerprint density at radius 2 is 1.79 bits per heavy atom. The minimum Gasteiger partial charge on any atom is -0.325 e. The molecule has 0 aliphatic heterocycles. The number of carbonyl (C=O) groups is 1. The molecule has 12 heteroatoms. The molecule has 0 atom stereocenters. The lowest BCUT2D eigenvalue weighted by Crippen LogP contribution is -2.16. The van der Waals surface area contributed by atoms with Crippen molar-refractivity contribution >= 4 is 49.7 Å². The van der Waals surface area contributed by atoms with Crippen LogP contribution in [0.3, 0.4) is 0 Å². The van der Waals surface area contributed by atoms with Gasteiger partial charge in [0, 0.05) is 18.1 Å². The molecule has 0 spiro atoms. The Bertz CT molecular complexity index is 1500. The Balaban J connectivity index is 1.73. The van der Waals surface area contributed by atoms with Gasteiger partial charge in [-0.25, -0.2) is 14.4 Å². The Hall–Kier alpha value is -3.41. The molecule has 0 saturated heterocycles. The van der Waals surface area contributed by atoms with E-state index in [1.54, 1.807) is 30.3 Å². The van der Waals surface area contributed by atoms with Gasteiger partial charge in [-0.2, -0.15) is 12.8 Å². The van der Waals surface area contributed by atoms with Crippen LogP contribution in [0.25, 0.3) is 22.4 Å². The number of rotatable bonds is 6. The van der Waals surface area contributed by atoms with Crippen molar-refractivity contribution < 1.29 is 22.0 Å². The van der Waals surface area contributed by atoms with Crippen LogP contribution in [0, 0.1) is 10.9 Å². The van der Waals surface area contributed by atoms with E-state index >= 15 is 0 Å². The second-order valence-electron chi connectivity index (χ2n) is 7.00.